The molecule has 0 aliphatic carbocycles. The van der Waals surface area contributed by atoms with Gasteiger partial charge >= 0.3 is 0 Å². The molecule has 0 saturated carbocycles. The minimum atomic E-state index is -0.205. The van der Waals surface area contributed by atoms with Gasteiger partial charge in [0.2, 0.25) is 5.91 Å². The van der Waals surface area contributed by atoms with Gasteiger partial charge in [-0.25, -0.2) is 9.97 Å². The fraction of sp³-hybridized carbons (Fsp3) is 0.136. The Morgan fingerprint density at radius 2 is 1.79 bits per heavy atom. The summed E-state index contributed by atoms with van der Waals surface area (Å²) >= 11 is 1.54. The molecule has 0 aliphatic rings. The van der Waals surface area contributed by atoms with Gasteiger partial charge in [-0.15, -0.1) is 11.3 Å². The van der Waals surface area contributed by atoms with E-state index in [1.165, 1.54) is 6.33 Å². The standard InChI is InChI=1S/C22H20N4OS/c1-14(15-6-4-3-5-7-15)22(27)26(2)17-10-8-16(9-11-17)18-12-28-21-19(18)20(23)24-13-25-21/h3-14H,1-2H3,(H2,23,24,25). The number of carbonyl (C=O) groups excluding carboxylic acids is 1. The molecule has 0 aliphatic heterocycles. The first-order valence-electron chi connectivity index (χ1n) is 8.97. The molecule has 2 N–H and O–H groups in total. The van der Waals surface area contributed by atoms with Gasteiger partial charge in [-0.3, -0.25) is 4.79 Å². The van der Waals surface area contributed by atoms with E-state index in [1.54, 1.807) is 16.2 Å². The zero-order valence-electron chi connectivity index (χ0n) is 15.7. The molecule has 2 aromatic heterocycles. The monoisotopic (exact) mass is 388 g/mol. The number of carbonyl (C=O) groups is 1. The van der Waals surface area contributed by atoms with Crippen molar-refractivity contribution in [3.8, 4) is 11.1 Å². The number of amides is 1. The first kappa shape index (κ1) is 18.1. The Morgan fingerprint density at radius 1 is 1.07 bits per heavy atom. The molecule has 4 rings (SSSR count). The first-order valence-corrected chi connectivity index (χ1v) is 9.85. The maximum atomic E-state index is 12.9. The van der Waals surface area contributed by atoms with Crippen molar-refractivity contribution in [3.05, 3.63) is 71.9 Å². The number of fused-ring (bicyclic) bond motifs is 1. The van der Waals surface area contributed by atoms with Crippen LogP contribution in [0.15, 0.2) is 66.3 Å². The molecule has 0 radical (unpaired) electrons. The molecule has 0 saturated heterocycles. The number of benzene rings is 2. The third kappa shape index (κ3) is 3.23. The lowest BCUT2D eigenvalue weighted by Gasteiger charge is -2.22. The molecular weight excluding hydrogens is 368 g/mol. The molecule has 28 heavy (non-hydrogen) atoms. The average Bonchev–Trinajstić information content (AvgIpc) is 3.18. The first-order chi connectivity index (χ1) is 13.6. The smallest absolute Gasteiger partial charge is 0.233 e. The number of nitrogens with zero attached hydrogens (tertiary/aromatic N) is 3. The van der Waals surface area contributed by atoms with Crippen molar-refractivity contribution in [2.75, 3.05) is 17.7 Å². The molecule has 140 valence electrons. The highest BCUT2D eigenvalue weighted by molar-refractivity contribution is 7.17. The van der Waals surface area contributed by atoms with E-state index in [4.69, 9.17) is 5.73 Å². The van der Waals surface area contributed by atoms with Crippen molar-refractivity contribution >= 4 is 39.0 Å². The van der Waals surface area contributed by atoms with Crippen molar-refractivity contribution in [1.29, 1.82) is 0 Å². The molecule has 4 aromatic rings. The summed E-state index contributed by atoms with van der Waals surface area (Å²) in [6, 6.07) is 17.7. The van der Waals surface area contributed by atoms with Crippen molar-refractivity contribution < 1.29 is 4.79 Å². The Balaban J connectivity index is 1.60. The summed E-state index contributed by atoms with van der Waals surface area (Å²) in [6.07, 6.45) is 1.48. The molecule has 2 aromatic carbocycles. The van der Waals surface area contributed by atoms with E-state index in [1.807, 2.05) is 73.9 Å². The quantitative estimate of drug-likeness (QED) is 0.550. The van der Waals surface area contributed by atoms with Crippen molar-refractivity contribution in [1.82, 2.24) is 9.97 Å². The van der Waals surface area contributed by atoms with Crippen LogP contribution in [0.25, 0.3) is 21.3 Å². The maximum absolute atomic E-state index is 12.9. The van der Waals surface area contributed by atoms with Crippen LogP contribution in [0.4, 0.5) is 11.5 Å². The predicted octanol–water partition coefficient (Wildman–Crippen LogP) is 4.71. The number of aromatic nitrogens is 2. The summed E-state index contributed by atoms with van der Waals surface area (Å²) in [5.74, 6) is 0.329. The van der Waals surface area contributed by atoms with E-state index in [-0.39, 0.29) is 11.8 Å². The topological polar surface area (TPSA) is 72.1 Å². The highest BCUT2D eigenvalue weighted by Gasteiger charge is 2.20. The van der Waals surface area contributed by atoms with Gasteiger partial charge in [-0.05, 0) is 30.2 Å². The van der Waals surface area contributed by atoms with E-state index in [0.29, 0.717) is 5.82 Å². The number of nitrogen functional groups attached to an aromatic ring is 1. The highest BCUT2D eigenvalue weighted by Crippen LogP contribution is 2.36. The average molecular weight is 388 g/mol. The van der Waals surface area contributed by atoms with Crippen molar-refractivity contribution in [3.63, 3.8) is 0 Å². The highest BCUT2D eigenvalue weighted by atomic mass is 32.1. The Bertz CT molecular complexity index is 1120. The van der Waals surface area contributed by atoms with E-state index in [0.717, 1.165) is 32.6 Å². The minimum Gasteiger partial charge on any atom is -0.383 e. The van der Waals surface area contributed by atoms with Gasteiger partial charge in [0, 0.05) is 23.7 Å². The van der Waals surface area contributed by atoms with Crippen LogP contribution < -0.4 is 10.6 Å². The van der Waals surface area contributed by atoms with E-state index < -0.39 is 0 Å². The summed E-state index contributed by atoms with van der Waals surface area (Å²) in [4.78, 5) is 23.8. The maximum Gasteiger partial charge on any atom is 0.233 e. The fourth-order valence-electron chi connectivity index (χ4n) is 3.28. The van der Waals surface area contributed by atoms with Crippen LogP contribution in [0.1, 0.15) is 18.4 Å². The number of anilines is 2. The molecule has 0 bridgehead atoms. The van der Waals surface area contributed by atoms with Gasteiger partial charge in [-0.2, -0.15) is 0 Å². The normalized spacial score (nSPS) is 12.1. The number of nitrogens with two attached hydrogens (primary N) is 1. The number of hydrogen-bond donors (Lipinski definition) is 1. The number of likely N-dealkylation sites (N-methyl/N-ethyl adjacent to an activating group) is 1. The fourth-order valence-corrected chi connectivity index (χ4v) is 4.20. The SMILES string of the molecule is CC(C(=O)N(C)c1ccc(-c2csc3ncnc(N)c23)cc1)c1ccccc1. The molecule has 0 fully saturated rings. The van der Waals surface area contributed by atoms with Crippen molar-refractivity contribution in [2.24, 2.45) is 0 Å². The summed E-state index contributed by atoms with van der Waals surface area (Å²) in [5.41, 5.74) is 9.94. The van der Waals surface area contributed by atoms with Crippen molar-refractivity contribution in [2.45, 2.75) is 12.8 Å². The van der Waals surface area contributed by atoms with Gasteiger partial charge in [0.1, 0.15) is 17.0 Å². The van der Waals surface area contributed by atoms with Gasteiger partial charge in [0.15, 0.2) is 0 Å². The number of rotatable bonds is 4. The van der Waals surface area contributed by atoms with E-state index in [2.05, 4.69) is 9.97 Å². The van der Waals surface area contributed by atoms with Crippen LogP contribution in [-0.2, 0) is 4.79 Å². The largest absolute Gasteiger partial charge is 0.383 e. The number of thiophene rings is 1. The molecule has 0 spiro atoms. The van der Waals surface area contributed by atoms with Gasteiger partial charge in [-0.1, -0.05) is 42.5 Å². The zero-order chi connectivity index (χ0) is 19.7. The zero-order valence-corrected chi connectivity index (χ0v) is 16.5. The summed E-state index contributed by atoms with van der Waals surface area (Å²) < 4.78 is 0. The van der Waals surface area contributed by atoms with Crippen LogP contribution in [-0.4, -0.2) is 22.9 Å². The molecule has 1 unspecified atom stereocenters. The number of hydrogen-bond acceptors (Lipinski definition) is 5. The van der Waals surface area contributed by atoms with Crippen LogP contribution in [0.2, 0.25) is 0 Å². The Morgan fingerprint density at radius 3 is 2.50 bits per heavy atom. The second kappa shape index (κ2) is 7.40. The van der Waals surface area contributed by atoms with Gasteiger partial charge < -0.3 is 10.6 Å². The molecule has 1 atom stereocenters. The molecule has 1 amide bonds. The Labute approximate surface area is 167 Å². The lowest BCUT2D eigenvalue weighted by molar-refractivity contribution is -0.119. The Hall–Kier alpha value is -3.25. The molecular formula is C22H20N4OS. The minimum absolute atomic E-state index is 0.0533. The van der Waals surface area contributed by atoms with Crippen LogP contribution in [0.3, 0.4) is 0 Å². The third-order valence-electron chi connectivity index (χ3n) is 4.97. The summed E-state index contributed by atoms with van der Waals surface area (Å²) in [7, 11) is 1.81. The van der Waals surface area contributed by atoms with E-state index >= 15 is 0 Å². The second-order valence-electron chi connectivity index (χ2n) is 6.66. The molecule has 2 heterocycles. The summed E-state index contributed by atoms with van der Waals surface area (Å²) in [5, 5.41) is 2.92. The molecule has 6 heteroatoms. The Kier molecular flexibility index (Phi) is 4.79. The third-order valence-corrected chi connectivity index (χ3v) is 5.85. The van der Waals surface area contributed by atoms with Crippen LogP contribution in [0, 0.1) is 0 Å². The predicted molar refractivity (Wildman–Crippen MR) is 116 cm³/mol. The molecule has 5 nitrogen and oxygen atoms in total. The van der Waals surface area contributed by atoms with Gasteiger partial charge in [0.05, 0.1) is 11.3 Å². The van der Waals surface area contributed by atoms with Crippen LogP contribution in [0.5, 0.6) is 0 Å². The summed E-state index contributed by atoms with van der Waals surface area (Å²) in [6.45, 7) is 1.93. The van der Waals surface area contributed by atoms with Crippen LogP contribution >= 0.6 is 11.3 Å². The van der Waals surface area contributed by atoms with Gasteiger partial charge in [0.25, 0.3) is 0 Å². The lowest BCUT2D eigenvalue weighted by Crippen LogP contribution is -2.30. The van der Waals surface area contributed by atoms with E-state index in [9.17, 15) is 4.79 Å². The lowest BCUT2D eigenvalue weighted by atomic mass is 9.99. The second-order valence-corrected chi connectivity index (χ2v) is 7.52.